The molecule has 32 heavy (non-hydrogen) atoms. The second kappa shape index (κ2) is 7.80. The molecule has 1 atom stereocenters. The van der Waals surface area contributed by atoms with Crippen LogP contribution < -0.4 is 11.2 Å². The minimum Gasteiger partial charge on any atom is -0.366 e. The van der Waals surface area contributed by atoms with E-state index < -0.39 is 0 Å². The number of hydrogen-bond donors (Lipinski definition) is 0. The normalized spacial score (nSPS) is 16.0. The van der Waals surface area contributed by atoms with Crippen LogP contribution in [0.1, 0.15) is 22.9 Å². The van der Waals surface area contributed by atoms with E-state index in [0.717, 1.165) is 28.1 Å². The Kier molecular flexibility index (Phi) is 4.94. The fraction of sp³-hybridized carbons (Fsp3) is 0.231. The Labute approximate surface area is 185 Å². The molecule has 0 radical (unpaired) electrons. The quantitative estimate of drug-likeness (QED) is 0.500. The zero-order chi connectivity index (χ0) is 22.4. The van der Waals surface area contributed by atoms with Crippen molar-refractivity contribution in [3.63, 3.8) is 0 Å². The fourth-order valence-electron chi connectivity index (χ4n) is 4.53. The molecule has 2 aromatic carbocycles. The number of nitrogens with zero attached hydrogens (tertiary/aromatic N) is 3. The first kappa shape index (κ1) is 20.3. The molecule has 0 N–H and O–H groups in total. The maximum atomic E-state index is 13.3. The zero-order valence-corrected chi connectivity index (χ0v) is 18.4. The second-order valence-electron chi connectivity index (χ2n) is 8.24. The van der Waals surface area contributed by atoms with E-state index in [0.29, 0.717) is 24.1 Å². The van der Waals surface area contributed by atoms with Gasteiger partial charge < -0.3 is 9.30 Å². The highest BCUT2D eigenvalue weighted by atomic mass is 16.5. The van der Waals surface area contributed by atoms with Gasteiger partial charge in [-0.2, -0.15) is 0 Å². The van der Waals surface area contributed by atoms with Gasteiger partial charge in [0.1, 0.15) is 6.10 Å². The first-order valence-electron chi connectivity index (χ1n) is 10.7. The van der Waals surface area contributed by atoms with Gasteiger partial charge in [-0.05, 0) is 24.1 Å². The Hall–Kier alpha value is -3.64. The summed E-state index contributed by atoms with van der Waals surface area (Å²) < 4.78 is 11.0. The van der Waals surface area contributed by atoms with Crippen molar-refractivity contribution in [3.8, 4) is 11.3 Å². The van der Waals surface area contributed by atoms with Gasteiger partial charge in [-0.3, -0.25) is 13.9 Å². The highest BCUT2D eigenvalue weighted by molar-refractivity contribution is 5.96. The average molecular weight is 428 g/mol. The van der Waals surface area contributed by atoms with Crippen molar-refractivity contribution < 1.29 is 4.74 Å². The van der Waals surface area contributed by atoms with Gasteiger partial charge in [0.2, 0.25) is 0 Å². The van der Waals surface area contributed by atoms with E-state index in [4.69, 9.17) is 4.74 Å². The molecule has 0 saturated carbocycles. The molecule has 3 heterocycles. The van der Waals surface area contributed by atoms with Gasteiger partial charge in [-0.25, -0.2) is 4.79 Å². The number of hydrogen-bond acceptors (Lipinski definition) is 3. The summed E-state index contributed by atoms with van der Waals surface area (Å²) in [5, 5.41) is 0.553. The predicted octanol–water partition coefficient (Wildman–Crippen LogP) is 3.80. The average Bonchev–Trinajstić information content (AvgIpc) is 3.17. The molecule has 4 aromatic rings. The summed E-state index contributed by atoms with van der Waals surface area (Å²) in [6, 6.07) is 18.2. The van der Waals surface area contributed by atoms with E-state index >= 15 is 0 Å². The maximum Gasteiger partial charge on any atom is 0.331 e. The number of fused-ring (bicyclic) bond motifs is 3. The van der Waals surface area contributed by atoms with Crippen LogP contribution in [-0.2, 0) is 25.4 Å². The lowest BCUT2D eigenvalue weighted by Crippen LogP contribution is -2.37. The van der Waals surface area contributed by atoms with Gasteiger partial charge in [-0.15, -0.1) is 0 Å². The second-order valence-corrected chi connectivity index (χ2v) is 8.24. The SMILES string of the molecule is Cc1ccc(-c2c3c(=O)n(C)c(=O)n(C)c3c3n2CCOC3C=Cc2ccccc2)cc1. The molecule has 0 fully saturated rings. The third-order valence-electron chi connectivity index (χ3n) is 6.17. The summed E-state index contributed by atoms with van der Waals surface area (Å²) in [7, 11) is 3.25. The number of aryl methyl sites for hydroxylation is 2. The molecule has 1 aliphatic heterocycles. The number of benzene rings is 2. The Morgan fingerprint density at radius 1 is 0.969 bits per heavy atom. The van der Waals surface area contributed by atoms with Gasteiger partial charge in [0.25, 0.3) is 5.56 Å². The van der Waals surface area contributed by atoms with Crippen molar-refractivity contribution in [2.24, 2.45) is 14.1 Å². The lowest BCUT2D eigenvalue weighted by Gasteiger charge is -2.25. The van der Waals surface area contributed by atoms with Gasteiger partial charge in [0.15, 0.2) is 0 Å². The number of rotatable bonds is 3. The van der Waals surface area contributed by atoms with Crippen LogP contribution in [0.3, 0.4) is 0 Å². The van der Waals surface area contributed by atoms with Gasteiger partial charge >= 0.3 is 5.69 Å². The Balaban J connectivity index is 1.83. The summed E-state index contributed by atoms with van der Waals surface area (Å²) in [5.74, 6) is 0. The molecule has 1 unspecified atom stereocenters. The molecule has 162 valence electrons. The highest BCUT2D eigenvalue weighted by Gasteiger charge is 2.31. The largest absolute Gasteiger partial charge is 0.366 e. The standard InChI is InChI=1S/C26H25N3O3/c1-17-9-12-19(13-10-17)22-21-24(27(2)26(31)28(3)25(21)30)23-20(32-16-15-29(22)23)14-11-18-7-5-4-6-8-18/h4-14,20H,15-16H2,1-3H3. The molecule has 6 nitrogen and oxygen atoms in total. The Morgan fingerprint density at radius 3 is 2.41 bits per heavy atom. The zero-order valence-electron chi connectivity index (χ0n) is 18.4. The third-order valence-corrected chi connectivity index (χ3v) is 6.17. The van der Waals surface area contributed by atoms with Crippen LogP contribution >= 0.6 is 0 Å². The first-order valence-corrected chi connectivity index (χ1v) is 10.7. The van der Waals surface area contributed by atoms with Crippen LogP contribution in [0.4, 0.5) is 0 Å². The van der Waals surface area contributed by atoms with E-state index in [1.165, 1.54) is 11.6 Å². The summed E-state index contributed by atoms with van der Waals surface area (Å²) in [5.41, 5.74) is 4.85. The number of aromatic nitrogens is 3. The van der Waals surface area contributed by atoms with E-state index in [2.05, 4.69) is 4.57 Å². The lowest BCUT2D eigenvalue weighted by atomic mass is 10.1. The summed E-state index contributed by atoms with van der Waals surface area (Å²) in [4.78, 5) is 26.2. The molecule has 0 bridgehead atoms. The molecular formula is C26H25N3O3. The van der Waals surface area contributed by atoms with Crippen molar-refractivity contribution in [2.75, 3.05) is 6.61 Å². The molecule has 6 heteroatoms. The van der Waals surface area contributed by atoms with E-state index in [-0.39, 0.29) is 17.4 Å². The third kappa shape index (κ3) is 3.15. The molecular weight excluding hydrogens is 402 g/mol. The molecule has 1 aliphatic rings. The first-order chi connectivity index (χ1) is 15.5. The van der Waals surface area contributed by atoms with Crippen LogP contribution in [0.2, 0.25) is 0 Å². The summed E-state index contributed by atoms with van der Waals surface area (Å²) in [6.45, 7) is 3.17. The minimum atomic E-state index is -0.372. The molecule has 2 aromatic heterocycles. The van der Waals surface area contributed by atoms with Crippen LogP contribution in [0.5, 0.6) is 0 Å². The predicted molar refractivity (Wildman–Crippen MR) is 127 cm³/mol. The van der Waals surface area contributed by atoms with Crippen molar-refractivity contribution >= 4 is 17.0 Å². The minimum absolute atomic E-state index is 0.286. The summed E-state index contributed by atoms with van der Waals surface area (Å²) in [6.07, 6.45) is 3.65. The number of ether oxygens (including phenoxy) is 1. The van der Waals surface area contributed by atoms with E-state index in [1.54, 1.807) is 11.6 Å². The molecule has 0 aliphatic carbocycles. The monoisotopic (exact) mass is 427 g/mol. The van der Waals surface area contributed by atoms with Crippen molar-refractivity contribution in [2.45, 2.75) is 19.6 Å². The van der Waals surface area contributed by atoms with Gasteiger partial charge in [-0.1, -0.05) is 66.2 Å². The Bertz CT molecular complexity index is 1460. The fourth-order valence-corrected chi connectivity index (χ4v) is 4.53. The highest BCUT2D eigenvalue weighted by Crippen LogP contribution is 2.38. The summed E-state index contributed by atoms with van der Waals surface area (Å²) >= 11 is 0. The maximum absolute atomic E-state index is 13.3. The van der Waals surface area contributed by atoms with Crippen molar-refractivity contribution in [1.29, 1.82) is 0 Å². The van der Waals surface area contributed by atoms with Gasteiger partial charge in [0, 0.05) is 20.6 Å². The van der Waals surface area contributed by atoms with Crippen LogP contribution in [0.15, 0.2) is 70.3 Å². The Morgan fingerprint density at radius 2 is 1.69 bits per heavy atom. The van der Waals surface area contributed by atoms with Crippen LogP contribution in [0.25, 0.3) is 28.2 Å². The lowest BCUT2D eigenvalue weighted by molar-refractivity contribution is 0.0532. The van der Waals surface area contributed by atoms with Crippen molar-refractivity contribution in [1.82, 2.24) is 13.7 Å². The van der Waals surface area contributed by atoms with E-state index in [1.807, 2.05) is 73.7 Å². The molecule has 0 spiro atoms. The van der Waals surface area contributed by atoms with Gasteiger partial charge in [0.05, 0.1) is 28.9 Å². The smallest absolute Gasteiger partial charge is 0.331 e. The van der Waals surface area contributed by atoms with Crippen molar-refractivity contribution in [3.05, 3.63) is 98.3 Å². The van der Waals surface area contributed by atoms with Crippen LogP contribution in [-0.4, -0.2) is 20.3 Å². The van der Waals surface area contributed by atoms with E-state index in [9.17, 15) is 9.59 Å². The molecule has 5 rings (SSSR count). The molecule has 0 saturated heterocycles. The van der Waals surface area contributed by atoms with Crippen LogP contribution in [0, 0.1) is 6.92 Å². The topological polar surface area (TPSA) is 58.2 Å². The molecule has 0 amide bonds.